The molecule has 2 fully saturated rings. The molecule has 24 heavy (non-hydrogen) atoms. The summed E-state index contributed by atoms with van der Waals surface area (Å²) in [7, 11) is 0. The van der Waals surface area contributed by atoms with Gasteiger partial charge in [-0.2, -0.15) is 5.26 Å². The Kier molecular flexibility index (Phi) is 4.02. The molecule has 4 rings (SSSR count). The Morgan fingerprint density at radius 1 is 1.33 bits per heavy atom. The highest BCUT2D eigenvalue weighted by molar-refractivity contribution is 7.19. The first-order valence-corrected chi connectivity index (χ1v) is 8.80. The molecule has 6 nitrogen and oxygen atoms in total. The van der Waals surface area contributed by atoms with Crippen molar-refractivity contribution in [1.29, 1.82) is 5.26 Å². The summed E-state index contributed by atoms with van der Waals surface area (Å²) < 4.78 is 0. The van der Waals surface area contributed by atoms with Gasteiger partial charge in [-0.3, -0.25) is 14.6 Å². The highest BCUT2D eigenvalue weighted by atomic mass is 32.1. The second-order valence-electron chi connectivity index (χ2n) is 5.95. The third-order valence-corrected chi connectivity index (χ3v) is 5.59. The molecule has 2 aliphatic rings. The van der Waals surface area contributed by atoms with Crippen LogP contribution < -0.4 is 10.2 Å². The Morgan fingerprint density at radius 3 is 3.12 bits per heavy atom. The summed E-state index contributed by atoms with van der Waals surface area (Å²) in [5.41, 5.74) is 1.59. The number of aromatic nitrogens is 1. The van der Waals surface area contributed by atoms with Crippen molar-refractivity contribution >= 4 is 22.4 Å². The van der Waals surface area contributed by atoms with Crippen molar-refractivity contribution in [2.24, 2.45) is 0 Å². The van der Waals surface area contributed by atoms with Crippen LogP contribution in [0.4, 0.5) is 5.13 Å². The summed E-state index contributed by atoms with van der Waals surface area (Å²) in [6.07, 6.45) is 1.79. The van der Waals surface area contributed by atoms with Crippen LogP contribution in [-0.4, -0.2) is 54.6 Å². The van der Waals surface area contributed by atoms with Crippen molar-refractivity contribution < 1.29 is 4.79 Å². The van der Waals surface area contributed by atoms with Crippen LogP contribution in [0.25, 0.3) is 10.4 Å². The van der Waals surface area contributed by atoms with Crippen LogP contribution in [0.3, 0.4) is 0 Å². The second kappa shape index (κ2) is 6.32. The average molecular weight is 339 g/mol. The van der Waals surface area contributed by atoms with E-state index in [9.17, 15) is 4.79 Å². The number of thiazole rings is 1. The minimum Gasteiger partial charge on any atom is -0.313 e. The normalized spacial score (nSPS) is 21.4. The van der Waals surface area contributed by atoms with Crippen molar-refractivity contribution in [3.8, 4) is 16.5 Å². The Bertz CT molecular complexity index is 811. The van der Waals surface area contributed by atoms with E-state index in [0.29, 0.717) is 18.7 Å². The fourth-order valence-corrected chi connectivity index (χ4v) is 4.17. The third kappa shape index (κ3) is 2.69. The van der Waals surface area contributed by atoms with Crippen molar-refractivity contribution in [3.05, 3.63) is 36.0 Å². The Balaban J connectivity index is 1.58. The zero-order chi connectivity index (χ0) is 16.5. The van der Waals surface area contributed by atoms with Gasteiger partial charge < -0.3 is 5.32 Å². The molecule has 0 saturated carbocycles. The summed E-state index contributed by atoms with van der Waals surface area (Å²) >= 11 is 1.50. The molecule has 7 heteroatoms. The zero-order valence-electron chi connectivity index (χ0n) is 13.1. The SMILES string of the molecule is N#Cc1cccc(-c2cnc(N3CCN4CCNC[C@@H]4C3=O)s2)c1. The molecule has 0 aliphatic carbocycles. The van der Waals surface area contributed by atoms with Crippen molar-refractivity contribution in [2.45, 2.75) is 6.04 Å². The number of carbonyl (C=O) groups excluding carboxylic acids is 1. The van der Waals surface area contributed by atoms with Gasteiger partial charge in [0, 0.05) is 38.9 Å². The topological polar surface area (TPSA) is 72.3 Å². The van der Waals surface area contributed by atoms with E-state index in [0.717, 1.165) is 35.2 Å². The predicted molar refractivity (Wildman–Crippen MR) is 92.8 cm³/mol. The van der Waals surface area contributed by atoms with Gasteiger partial charge >= 0.3 is 0 Å². The van der Waals surface area contributed by atoms with Crippen LogP contribution in [0.5, 0.6) is 0 Å². The standard InChI is InChI=1S/C17H17N5OS/c18-9-12-2-1-3-13(8-12)15-11-20-17(24-15)22-7-6-21-5-4-19-10-14(21)16(22)23/h1-3,8,11,14,19H,4-7,10H2/t14-/m1/s1. The first kappa shape index (κ1) is 15.3. The van der Waals surface area contributed by atoms with Gasteiger partial charge in [-0.05, 0) is 17.7 Å². The zero-order valence-corrected chi connectivity index (χ0v) is 13.9. The van der Waals surface area contributed by atoms with Gasteiger partial charge in [0.1, 0.15) is 6.04 Å². The van der Waals surface area contributed by atoms with Crippen molar-refractivity contribution in [3.63, 3.8) is 0 Å². The molecule has 1 aromatic heterocycles. The summed E-state index contributed by atoms with van der Waals surface area (Å²) in [5.74, 6) is 0.125. The van der Waals surface area contributed by atoms with Crippen LogP contribution in [0.2, 0.25) is 0 Å². The number of nitrogens with one attached hydrogen (secondary N) is 1. The molecule has 0 spiro atoms. The number of anilines is 1. The first-order chi connectivity index (χ1) is 11.8. The van der Waals surface area contributed by atoms with Gasteiger partial charge in [0.2, 0.25) is 5.91 Å². The Hall–Kier alpha value is -2.27. The summed E-state index contributed by atoms with van der Waals surface area (Å²) in [5, 5.41) is 13.1. The maximum atomic E-state index is 12.8. The summed E-state index contributed by atoms with van der Waals surface area (Å²) in [6, 6.07) is 9.53. The van der Waals surface area contributed by atoms with E-state index >= 15 is 0 Å². The number of benzene rings is 1. The molecule has 1 N–H and O–H groups in total. The molecular formula is C17H17N5OS. The molecule has 3 heterocycles. The highest BCUT2D eigenvalue weighted by Crippen LogP contribution is 2.32. The fraction of sp³-hybridized carbons (Fsp3) is 0.353. The quantitative estimate of drug-likeness (QED) is 0.893. The number of hydrogen-bond donors (Lipinski definition) is 1. The molecule has 0 unspecified atom stereocenters. The molecule has 2 aliphatic heterocycles. The maximum Gasteiger partial charge on any atom is 0.247 e. The molecule has 122 valence electrons. The van der Waals surface area contributed by atoms with E-state index in [2.05, 4.69) is 21.3 Å². The van der Waals surface area contributed by atoms with E-state index in [4.69, 9.17) is 5.26 Å². The minimum absolute atomic E-state index is 0.0817. The lowest BCUT2D eigenvalue weighted by Gasteiger charge is -2.42. The largest absolute Gasteiger partial charge is 0.313 e. The van der Waals surface area contributed by atoms with Crippen LogP contribution >= 0.6 is 11.3 Å². The van der Waals surface area contributed by atoms with Crippen molar-refractivity contribution in [1.82, 2.24) is 15.2 Å². The number of carbonyl (C=O) groups is 1. The van der Waals surface area contributed by atoms with E-state index < -0.39 is 0 Å². The van der Waals surface area contributed by atoms with Crippen LogP contribution in [0.1, 0.15) is 5.56 Å². The predicted octanol–water partition coefficient (Wildman–Crippen LogP) is 1.30. The smallest absolute Gasteiger partial charge is 0.247 e. The van der Waals surface area contributed by atoms with Gasteiger partial charge in [0.25, 0.3) is 0 Å². The third-order valence-electron chi connectivity index (χ3n) is 4.52. The lowest BCUT2D eigenvalue weighted by Crippen LogP contribution is -2.64. The molecule has 1 amide bonds. The second-order valence-corrected chi connectivity index (χ2v) is 6.95. The molecule has 1 aromatic carbocycles. The molecular weight excluding hydrogens is 322 g/mol. The number of fused-ring (bicyclic) bond motifs is 1. The van der Waals surface area contributed by atoms with Crippen LogP contribution in [-0.2, 0) is 4.79 Å². The van der Waals surface area contributed by atoms with E-state index in [1.165, 1.54) is 11.3 Å². The summed E-state index contributed by atoms with van der Waals surface area (Å²) in [4.78, 5) is 22.3. The number of nitrogens with zero attached hydrogens (tertiary/aromatic N) is 4. The Labute approximate surface area is 144 Å². The minimum atomic E-state index is -0.0817. The molecule has 2 aromatic rings. The number of hydrogen-bond acceptors (Lipinski definition) is 6. The lowest BCUT2D eigenvalue weighted by atomic mass is 10.1. The van der Waals surface area contributed by atoms with Gasteiger partial charge in [-0.1, -0.05) is 23.5 Å². The average Bonchev–Trinajstić information content (AvgIpc) is 3.12. The number of piperazine rings is 2. The lowest BCUT2D eigenvalue weighted by molar-refractivity contribution is -0.126. The number of rotatable bonds is 2. The maximum absolute atomic E-state index is 12.8. The number of nitriles is 1. The highest BCUT2D eigenvalue weighted by Gasteiger charge is 2.37. The summed E-state index contributed by atoms with van der Waals surface area (Å²) in [6.45, 7) is 4.14. The van der Waals surface area contributed by atoms with Gasteiger partial charge in [-0.15, -0.1) is 0 Å². The molecule has 1 atom stereocenters. The van der Waals surface area contributed by atoms with Gasteiger partial charge in [-0.25, -0.2) is 4.98 Å². The van der Waals surface area contributed by atoms with Gasteiger partial charge in [0.05, 0.1) is 16.5 Å². The fourth-order valence-electron chi connectivity index (χ4n) is 3.23. The van der Waals surface area contributed by atoms with Crippen LogP contribution in [0.15, 0.2) is 30.5 Å². The van der Waals surface area contributed by atoms with E-state index in [1.54, 1.807) is 17.2 Å². The van der Waals surface area contributed by atoms with E-state index in [1.807, 2.05) is 18.2 Å². The molecule has 0 radical (unpaired) electrons. The molecule has 0 bridgehead atoms. The van der Waals surface area contributed by atoms with Crippen LogP contribution in [0, 0.1) is 11.3 Å². The number of amides is 1. The van der Waals surface area contributed by atoms with E-state index in [-0.39, 0.29) is 11.9 Å². The van der Waals surface area contributed by atoms with Crippen molar-refractivity contribution in [2.75, 3.05) is 37.6 Å². The first-order valence-electron chi connectivity index (χ1n) is 7.99. The van der Waals surface area contributed by atoms with Gasteiger partial charge in [0.15, 0.2) is 5.13 Å². The Morgan fingerprint density at radius 2 is 2.25 bits per heavy atom. The molecule has 2 saturated heterocycles. The monoisotopic (exact) mass is 339 g/mol.